The van der Waals surface area contributed by atoms with Crippen molar-refractivity contribution < 1.29 is 14.6 Å². The Balaban J connectivity index is 0.00000320. The number of hydrogen-bond donors (Lipinski definition) is 3. The number of rotatable bonds is 9. The van der Waals surface area contributed by atoms with E-state index in [9.17, 15) is 13.2 Å². The van der Waals surface area contributed by atoms with Gasteiger partial charge in [-0.1, -0.05) is 13.8 Å². The molecule has 3 N–H and O–H groups in total. The number of amides is 1. The van der Waals surface area contributed by atoms with Gasteiger partial charge in [-0.2, -0.15) is 5.10 Å². The quantitative estimate of drug-likeness (QED) is 0.383. The van der Waals surface area contributed by atoms with E-state index >= 15 is 0 Å². The average Bonchev–Trinajstić information content (AvgIpc) is 3.34. The summed E-state index contributed by atoms with van der Waals surface area (Å²) < 4.78 is 33.4. The van der Waals surface area contributed by atoms with Crippen molar-refractivity contribution in [3.05, 3.63) is 28.5 Å². The molecule has 2 aliphatic rings. The van der Waals surface area contributed by atoms with Gasteiger partial charge in [0.15, 0.2) is 0 Å². The summed E-state index contributed by atoms with van der Waals surface area (Å²) in [6.45, 7) is 6.17. The minimum Gasteiger partial charge on any atom is -0.316 e. The lowest BCUT2D eigenvalue weighted by molar-refractivity contribution is -0.117. The number of fused-ring (bicyclic) bond motifs is 1. The van der Waals surface area contributed by atoms with Gasteiger partial charge in [-0.25, -0.2) is 13.1 Å². The van der Waals surface area contributed by atoms with Crippen LogP contribution in [0.1, 0.15) is 56.7 Å². The minimum atomic E-state index is -3.81. The molecular weight excluding hydrogens is 500 g/mol. The Kier molecular flexibility index (Phi) is 6.64. The lowest BCUT2D eigenvalue weighted by Gasteiger charge is -2.25. The van der Waals surface area contributed by atoms with Gasteiger partial charge in [0.2, 0.25) is 21.9 Å². The Morgan fingerprint density at radius 3 is 2.75 bits per heavy atom. The van der Waals surface area contributed by atoms with Crippen LogP contribution in [-0.2, 0) is 34.7 Å². The van der Waals surface area contributed by atoms with Crippen molar-refractivity contribution in [3.8, 4) is 0 Å². The molecule has 1 atom stereocenters. The highest BCUT2D eigenvalue weighted by atomic mass is 32.2. The van der Waals surface area contributed by atoms with E-state index in [2.05, 4.69) is 30.7 Å². The molecule has 196 valence electrons. The summed E-state index contributed by atoms with van der Waals surface area (Å²) in [4.78, 5) is 13.8. The lowest BCUT2D eigenvalue weighted by atomic mass is 9.94. The molecule has 1 fully saturated rings. The summed E-state index contributed by atoms with van der Waals surface area (Å²) >= 11 is 1.39. The number of carbonyl (C=O) groups excluding carboxylic acids is 1. The maximum Gasteiger partial charge on any atom is 0.243 e. The predicted molar refractivity (Wildman–Crippen MR) is 140 cm³/mol. The van der Waals surface area contributed by atoms with Gasteiger partial charge >= 0.3 is 0 Å². The maximum absolute atomic E-state index is 13.5. The fraction of sp³-hybridized carbons (Fsp3) is 0.565. The largest absolute Gasteiger partial charge is 0.316 e. The molecule has 5 rings (SSSR count). The Bertz CT molecular complexity index is 1390. The van der Waals surface area contributed by atoms with Crippen LogP contribution in [0.4, 0.5) is 16.8 Å². The van der Waals surface area contributed by atoms with Crippen molar-refractivity contribution in [1.29, 1.82) is 0 Å². The average molecular weight is 535 g/mol. The molecule has 3 heterocycles. The first-order valence-corrected chi connectivity index (χ1v) is 14.5. The predicted octanol–water partition coefficient (Wildman–Crippen LogP) is 3.38. The monoisotopic (exact) mass is 534 g/mol. The number of nitrogens with zero attached hydrogens (tertiary/aromatic N) is 5. The van der Waals surface area contributed by atoms with Crippen molar-refractivity contribution in [2.75, 3.05) is 17.2 Å². The van der Waals surface area contributed by atoms with E-state index in [0.717, 1.165) is 41.2 Å². The van der Waals surface area contributed by atoms with Crippen molar-refractivity contribution in [2.24, 2.45) is 18.9 Å². The van der Waals surface area contributed by atoms with Crippen LogP contribution in [0.25, 0.3) is 0 Å². The lowest BCUT2D eigenvalue weighted by Crippen LogP contribution is -2.30. The number of sulfonamides is 1. The molecule has 0 aromatic carbocycles. The zero-order chi connectivity index (χ0) is 25.6. The Morgan fingerprint density at radius 1 is 1.31 bits per heavy atom. The summed E-state index contributed by atoms with van der Waals surface area (Å²) in [6.07, 6.45) is 5.39. The molecule has 2 aliphatic carbocycles. The molecule has 1 amide bonds. The highest BCUT2D eigenvalue weighted by Gasteiger charge is 2.36. The van der Waals surface area contributed by atoms with Crippen molar-refractivity contribution in [3.63, 3.8) is 0 Å². The molecule has 0 saturated heterocycles. The molecule has 0 radical (unpaired) electrons. The summed E-state index contributed by atoms with van der Waals surface area (Å²) in [5, 5.41) is 19.4. The third-order valence-corrected chi connectivity index (χ3v) is 9.40. The number of anilines is 3. The number of aryl methyl sites for hydroxylation is 3. The smallest absolute Gasteiger partial charge is 0.243 e. The van der Waals surface area contributed by atoms with Gasteiger partial charge in [-0.05, 0) is 50.5 Å². The summed E-state index contributed by atoms with van der Waals surface area (Å²) in [5.41, 5.74) is 1.66. The standard InChI is InChI=1S/C23H32N8O3S2.H2/c1-13(2)11-25-36(33,34)20-17-10-16(7-8-18(17)35-22(20)27-21(32)15-5-6-15)31-12-24-28-23(31)26-19-9-14(3)29-30(19)4;/h9,12-13,15-16,25H,5-8,10-11H2,1-4H3,(H,26,28)(H,27,32);1H. The first kappa shape index (κ1) is 24.9. The van der Waals surface area contributed by atoms with Crippen LogP contribution >= 0.6 is 11.3 Å². The van der Waals surface area contributed by atoms with Gasteiger partial charge in [0.05, 0.1) is 5.69 Å². The second-order valence-electron chi connectivity index (χ2n) is 10.0. The van der Waals surface area contributed by atoms with E-state index in [0.29, 0.717) is 30.3 Å². The maximum atomic E-state index is 13.5. The van der Waals surface area contributed by atoms with Crippen LogP contribution in [0.2, 0.25) is 0 Å². The van der Waals surface area contributed by atoms with E-state index in [1.54, 1.807) is 11.0 Å². The topological polar surface area (TPSA) is 136 Å². The second-order valence-corrected chi connectivity index (χ2v) is 12.9. The van der Waals surface area contributed by atoms with Gasteiger partial charge in [-0.3, -0.25) is 14.0 Å². The first-order valence-electron chi connectivity index (χ1n) is 12.2. The van der Waals surface area contributed by atoms with E-state index in [-0.39, 0.29) is 30.1 Å². The van der Waals surface area contributed by atoms with E-state index in [1.165, 1.54) is 11.3 Å². The molecule has 0 bridgehead atoms. The highest BCUT2D eigenvalue weighted by molar-refractivity contribution is 7.90. The molecule has 3 aromatic heterocycles. The van der Waals surface area contributed by atoms with Crippen molar-refractivity contribution >= 4 is 44.0 Å². The Labute approximate surface area is 216 Å². The SMILES string of the molecule is Cc1cc(Nc2nncn2C2CCc3sc(NC(=O)C4CC4)c(S(=O)(=O)NCC(C)C)c3C2)n(C)n1.[HH]. The van der Waals surface area contributed by atoms with Gasteiger partial charge in [0.1, 0.15) is 22.0 Å². The third kappa shape index (κ3) is 5.04. The van der Waals surface area contributed by atoms with E-state index < -0.39 is 10.0 Å². The summed E-state index contributed by atoms with van der Waals surface area (Å²) in [5.74, 6) is 1.42. The Hall–Kier alpha value is -2.77. The van der Waals surface area contributed by atoms with E-state index in [4.69, 9.17) is 0 Å². The molecule has 11 nitrogen and oxygen atoms in total. The molecule has 0 spiro atoms. The normalized spacial score (nSPS) is 17.9. The fourth-order valence-electron chi connectivity index (χ4n) is 4.49. The van der Waals surface area contributed by atoms with Gasteiger partial charge in [-0.15, -0.1) is 21.5 Å². The van der Waals surface area contributed by atoms with Gasteiger partial charge < -0.3 is 10.6 Å². The van der Waals surface area contributed by atoms with Crippen LogP contribution in [0.15, 0.2) is 17.3 Å². The molecule has 1 unspecified atom stereocenters. The van der Waals surface area contributed by atoms with Crippen LogP contribution in [0.5, 0.6) is 0 Å². The second kappa shape index (κ2) is 9.60. The fourth-order valence-corrected chi connectivity index (χ4v) is 7.68. The zero-order valence-electron chi connectivity index (χ0n) is 20.9. The van der Waals surface area contributed by atoms with Crippen LogP contribution < -0.4 is 15.4 Å². The van der Waals surface area contributed by atoms with Crippen molar-refractivity contribution in [1.82, 2.24) is 29.3 Å². The molecule has 1 saturated carbocycles. The summed E-state index contributed by atoms with van der Waals surface area (Å²) in [7, 11) is -1.96. The number of nitrogens with one attached hydrogen (secondary N) is 3. The van der Waals surface area contributed by atoms with Crippen LogP contribution in [0, 0.1) is 18.8 Å². The molecule has 13 heteroatoms. The highest BCUT2D eigenvalue weighted by Crippen LogP contribution is 2.44. The first-order chi connectivity index (χ1) is 17.1. The molecule has 3 aromatic rings. The minimum absolute atomic E-state index is 0. The summed E-state index contributed by atoms with van der Waals surface area (Å²) in [6, 6.07) is 1.89. The Morgan fingerprint density at radius 2 is 2.08 bits per heavy atom. The van der Waals surface area contributed by atoms with Gasteiger partial charge in [0.25, 0.3) is 0 Å². The zero-order valence-corrected chi connectivity index (χ0v) is 22.5. The number of aromatic nitrogens is 5. The number of carbonyl (C=O) groups is 1. The molecule has 0 aliphatic heterocycles. The number of hydrogen-bond acceptors (Lipinski definition) is 8. The number of thiophene rings is 1. The van der Waals surface area contributed by atoms with Gasteiger partial charge in [0, 0.05) is 37.9 Å². The van der Waals surface area contributed by atoms with Crippen LogP contribution in [0.3, 0.4) is 0 Å². The van der Waals surface area contributed by atoms with E-state index in [1.807, 2.05) is 38.5 Å². The van der Waals surface area contributed by atoms with Crippen molar-refractivity contribution in [2.45, 2.75) is 63.8 Å². The molecular formula is C23H34N8O3S2. The third-order valence-electron chi connectivity index (χ3n) is 6.53. The van der Waals surface area contributed by atoms with Crippen LogP contribution in [-0.4, -0.2) is 45.4 Å². The molecule has 36 heavy (non-hydrogen) atoms.